The quantitative estimate of drug-likeness (QED) is 0.383. The largest absolute Gasteiger partial charge is 0.374 e. The summed E-state index contributed by atoms with van der Waals surface area (Å²) >= 11 is 0. The molecule has 1 aliphatic rings. The first kappa shape index (κ1) is 22.1. The van der Waals surface area contributed by atoms with Crippen LogP contribution in [0.15, 0.2) is 91.0 Å². The van der Waals surface area contributed by atoms with Crippen molar-refractivity contribution in [1.29, 1.82) is 0 Å². The topological polar surface area (TPSA) is 46.6 Å². The molecule has 4 rings (SSSR count). The number of nitrogens with zero attached hydrogens (tertiary/aromatic N) is 1. The van der Waals surface area contributed by atoms with E-state index in [1.54, 1.807) is 7.11 Å². The highest BCUT2D eigenvalue weighted by Crippen LogP contribution is 2.49. The molecule has 1 saturated heterocycles. The minimum absolute atomic E-state index is 0.304. The summed E-state index contributed by atoms with van der Waals surface area (Å²) in [6, 6.07) is 31.0. The van der Waals surface area contributed by atoms with E-state index >= 15 is 0 Å². The second kappa shape index (κ2) is 10.0. The number of methoxy groups -OCH3 is 1. The molecule has 0 spiro atoms. The Morgan fingerprint density at radius 3 is 1.97 bits per heavy atom. The molecule has 4 nitrogen and oxygen atoms in total. The third-order valence-corrected chi connectivity index (χ3v) is 6.58. The van der Waals surface area contributed by atoms with Crippen LogP contribution in [0.5, 0.6) is 0 Å². The predicted molar refractivity (Wildman–Crippen MR) is 125 cm³/mol. The number of benzene rings is 3. The van der Waals surface area contributed by atoms with Gasteiger partial charge in [0.25, 0.3) is 0 Å². The smallest absolute Gasteiger partial charge is 0.199 e. The first-order valence-electron chi connectivity index (χ1n) is 11.1. The molecule has 0 amide bonds. The van der Waals surface area contributed by atoms with Crippen LogP contribution in [-0.2, 0) is 19.9 Å². The predicted octanol–water partition coefficient (Wildman–Crippen LogP) is 4.80. The maximum Gasteiger partial charge on any atom is 0.199 e. The maximum absolute atomic E-state index is 12.4. The highest BCUT2D eigenvalue weighted by Gasteiger charge is 2.49. The minimum Gasteiger partial charge on any atom is -0.374 e. The SMILES string of the molecule is COC(c1ccccc1)C(c1ccccc1)(c1ccccc1)N1CCCC(C(=O)C=O)C1. The van der Waals surface area contributed by atoms with E-state index in [4.69, 9.17) is 4.74 Å². The van der Waals surface area contributed by atoms with Gasteiger partial charge in [-0.05, 0) is 36.1 Å². The Kier molecular flexibility index (Phi) is 6.93. The summed E-state index contributed by atoms with van der Waals surface area (Å²) in [5.41, 5.74) is 2.59. The highest BCUT2D eigenvalue weighted by molar-refractivity contribution is 6.26. The Morgan fingerprint density at radius 1 is 0.938 bits per heavy atom. The van der Waals surface area contributed by atoms with Crippen molar-refractivity contribution in [1.82, 2.24) is 4.90 Å². The van der Waals surface area contributed by atoms with Crippen molar-refractivity contribution in [2.75, 3.05) is 20.2 Å². The van der Waals surface area contributed by atoms with E-state index < -0.39 is 5.54 Å². The van der Waals surface area contributed by atoms with Crippen LogP contribution in [0.2, 0.25) is 0 Å². The van der Waals surface area contributed by atoms with Gasteiger partial charge in [-0.3, -0.25) is 14.5 Å². The number of ketones is 1. The molecule has 0 bridgehead atoms. The number of carbonyl (C=O) groups excluding carboxylic acids is 2. The van der Waals surface area contributed by atoms with Crippen molar-refractivity contribution in [2.24, 2.45) is 5.92 Å². The van der Waals surface area contributed by atoms with E-state index in [1.807, 2.05) is 54.6 Å². The van der Waals surface area contributed by atoms with E-state index in [1.165, 1.54) is 0 Å². The van der Waals surface area contributed by atoms with Gasteiger partial charge in [0.05, 0.1) is 0 Å². The van der Waals surface area contributed by atoms with E-state index in [0.717, 1.165) is 36.1 Å². The van der Waals surface area contributed by atoms with E-state index in [9.17, 15) is 9.59 Å². The molecular weight excluding hydrogens is 398 g/mol. The molecule has 0 saturated carbocycles. The molecule has 4 heteroatoms. The summed E-state index contributed by atoms with van der Waals surface area (Å²) in [7, 11) is 1.75. The lowest BCUT2D eigenvalue weighted by Crippen LogP contribution is -2.56. The summed E-state index contributed by atoms with van der Waals surface area (Å²) < 4.78 is 6.29. The Balaban J connectivity index is 1.97. The normalized spacial score (nSPS) is 18.1. The Morgan fingerprint density at radius 2 is 1.47 bits per heavy atom. The zero-order valence-corrected chi connectivity index (χ0v) is 18.4. The second-order valence-electron chi connectivity index (χ2n) is 8.33. The molecule has 3 aromatic rings. The third kappa shape index (κ3) is 4.04. The maximum atomic E-state index is 12.4. The number of likely N-dealkylation sites (tertiary alicyclic amines) is 1. The molecule has 0 aliphatic carbocycles. The minimum atomic E-state index is -0.666. The number of ether oxygens (including phenoxy) is 1. The highest BCUT2D eigenvalue weighted by atomic mass is 16.5. The first-order valence-corrected chi connectivity index (χ1v) is 11.1. The molecular formula is C28H29NO3. The zero-order valence-electron chi connectivity index (χ0n) is 18.4. The number of rotatable bonds is 8. The van der Waals surface area contributed by atoms with Gasteiger partial charge in [-0.1, -0.05) is 91.0 Å². The number of carbonyl (C=O) groups is 2. The lowest BCUT2D eigenvalue weighted by Gasteiger charge is -2.51. The molecule has 0 radical (unpaired) electrons. The average molecular weight is 428 g/mol. The fourth-order valence-corrected chi connectivity index (χ4v) is 5.19. The molecule has 0 N–H and O–H groups in total. The molecule has 32 heavy (non-hydrogen) atoms. The van der Waals surface area contributed by atoms with Gasteiger partial charge in [0.15, 0.2) is 12.1 Å². The number of hydrogen-bond donors (Lipinski definition) is 0. The molecule has 1 aliphatic heterocycles. The average Bonchev–Trinajstić information content (AvgIpc) is 2.88. The molecule has 1 fully saturated rings. The van der Waals surface area contributed by atoms with Crippen LogP contribution in [0.3, 0.4) is 0 Å². The number of Topliss-reactive ketones (excluding diaryl/α,β-unsaturated/α-hetero) is 1. The fraction of sp³-hybridized carbons (Fsp3) is 0.286. The van der Waals surface area contributed by atoms with Gasteiger partial charge in [-0.25, -0.2) is 0 Å². The monoisotopic (exact) mass is 427 g/mol. The summed E-state index contributed by atoms with van der Waals surface area (Å²) in [5, 5.41) is 0. The van der Waals surface area contributed by atoms with E-state index in [-0.39, 0.29) is 17.8 Å². The molecule has 164 valence electrons. The van der Waals surface area contributed by atoms with Gasteiger partial charge in [-0.2, -0.15) is 0 Å². The lowest BCUT2D eigenvalue weighted by molar-refractivity contribution is -0.135. The van der Waals surface area contributed by atoms with Crippen LogP contribution in [0.25, 0.3) is 0 Å². The van der Waals surface area contributed by atoms with Crippen LogP contribution >= 0.6 is 0 Å². The van der Waals surface area contributed by atoms with Crippen LogP contribution < -0.4 is 0 Å². The van der Waals surface area contributed by atoms with Crippen molar-refractivity contribution in [3.63, 3.8) is 0 Å². The Bertz CT molecular complexity index is 981. The van der Waals surface area contributed by atoms with Crippen LogP contribution in [0.1, 0.15) is 35.6 Å². The van der Waals surface area contributed by atoms with Crippen molar-refractivity contribution in [2.45, 2.75) is 24.5 Å². The van der Waals surface area contributed by atoms with Crippen molar-refractivity contribution in [3.05, 3.63) is 108 Å². The number of piperidine rings is 1. The number of hydrogen-bond acceptors (Lipinski definition) is 4. The molecule has 3 aromatic carbocycles. The van der Waals surface area contributed by atoms with Crippen LogP contribution in [0.4, 0.5) is 0 Å². The summed E-state index contributed by atoms with van der Waals surface area (Å²) in [5.74, 6) is -0.625. The standard InChI is InChI=1S/C28H29NO3/c1-32-27(22-12-5-2-6-13-22)28(24-15-7-3-8-16-24,25-17-9-4-10-18-25)29-19-11-14-23(20-29)26(31)21-30/h2-10,12-13,15-18,21,23,27H,11,14,19-20H2,1H3. The lowest BCUT2D eigenvalue weighted by atomic mass is 9.72. The second-order valence-corrected chi connectivity index (χ2v) is 8.33. The van der Waals surface area contributed by atoms with E-state index in [0.29, 0.717) is 12.8 Å². The molecule has 2 atom stereocenters. The third-order valence-electron chi connectivity index (χ3n) is 6.58. The first-order chi connectivity index (χ1) is 15.7. The van der Waals surface area contributed by atoms with Gasteiger partial charge in [-0.15, -0.1) is 0 Å². The summed E-state index contributed by atoms with van der Waals surface area (Å²) in [4.78, 5) is 26.1. The van der Waals surface area contributed by atoms with E-state index in [2.05, 4.69) is 41.3 Å². The van der Waals surface area contributed by atoms with Gasteiger partial charge in [0.1, 0.15) is 11.6 Å². The van der Waals surface area contributed by atoms with Gasteiger partial charge >= 0.3 is 0 Å². The summed E-state index contributed by atoms with van der Waals surface area (Å²) in [6.45, 7) is 1.31. The van der Waals surface area contributed by atoms with Crippen LogP contribution in [-0.4, -0.2) is 37.2 Å². The van der Waals surface area contributed by atoms with Crippen LogP contribution in [0, 0.1) is 5.92 Å². The van der Waals surface area contributed by atoms with Gasteiger partial charge < -0.3 is 4.74 Å². The molecule has 1 heterocycles. The van der Waals surface area contributed by atoms with Gasteiger partial charge in [0, 0.05) is 19.6 Å². The Labute approximate surface area is 189 Å². The van der Waals surface area contributed by atoms with Gasteiger partial charge in [0.2, 0.25) is 0 Å². The van der Waals surface area contributed by atoms with Crippen molar-refractivity contribution in [3.8, 4) is 0 Å². The fourth-order valence-electron chi connectivity index (χ4n) is 5.19. The molecule has 0 aromatic heterocycles. The molecule has 2 unspecified atom stereocenters. The summed E-state index contributed by atoms with van der Waals surface area (Å²) in [6.07, 6.45) is 1.73. The van der Waals surface area contributed by atoms with Crippen molar-refractivity contribution >= 4 is 12.1 Å². The Hall–Kier alpha value is -3.08. The number of aldehydes is 1. The zero-order chi connectivity index (χ0) is 22.4. The van der Waals surface area contributed by atoms with Crippen molar-refractivity contribution < 1.29 is 14.3 Å².